The van der Waals surface area contributed by atoms with Crippen LogP contribution in [0.5, 0.6) is 0 Å². The number of nitrogens with one attached hydrogen (secondary N) is 1. The van der Waals surface area contributed by atoms with Gasteiger partial charge < -0.3 is 9.64 Å². The summed E-state index contributed by atoms with van der Waals surface area (Å²) in [5.41, 5.74) is -0.962. The Morgan fingerprint density at radius 2 is 2.00 bits per heavy atom. The normalized spacial score (nSPS) is 19.3. The van der Waals surface area contributed by atoms with Crippen molar-refractivity contribution in [3.05, 3.63) is 0 Å². The third kappa shape index (κ3) is 5.78. The van der Waals surface area contributed by atoms with Gasteiger partial charge in [-0.15, -0.1) is 0 Å². The SMILES string of the molecule is COC(=O)C(C)(CN(C)CCC(F)(F)F)NC1CC1. The quantitative estimate of drug-likeness (QED) is 0.719. The molecule has 0 radical (unpaired) electrons. The molecule has 0 amide bonds. The minimum atomic E-state index is -4.18. The number of halogens is 3. The summed E-state index contributed by atoms with van der Waals surface area (Å²) in [5, 5.41) is 3.15. The van der Waals surface area contributed by atoms with E-state index in [1.54, 1.807) is 14.0 Å². The van der Waals surface area contributed by atoms with Gasteiger partial charge in [0.15, 0.2) is 0 Å². The third-order valence-electron chi connectivity index (χ3n) is 3.10. The maximum atomic E-state index is 12.2. The summed E-state index contributed by atoms with van der Waals surface area (Å²) < 4.78 is 41.2. The van der Waals surface area contributed by atoms with Crippen molar-refractivity contribution in [1.29, 1.82) is 0 Å². The van der Waals surface area contributed by atoms with Gasteiger partial charge >= 0.3 is 12.1 Å². The average Bonchev–Trinajstić information content (AvgIpc) is 3.07. The topological polar surface area (TPSA) is 41.6 Å². The predicted octanol–water partition coefficient (Wildman–Crippen LogP) is 1.55. The molecule has 1 fully saturated rings. The molecule has 7 heteroatoms. The Morgan fingerprint density at radius 1 is 1.42 bits per heavy atom. The Bertz CT molecular complexity index is 319. The van der Waals surface area contributed by atoms with Crippen LogP contribution in [0, 0.1) is 0 Å². The van der Waals surface area contributed by atoms with Gasteiger partial charge in [0.05, 0.1) is 13.5 Å². The fourth-order valence-electron chi connectivity index (χ4n) is 2.01. The molecule has 1 aliphatic carbocycles. The van der Waals surface area contributed by atoms with Gasteiger partial charge in [0.1, 0.15) is 5.54 Å². The molecule has 0 saturated heterocycles. The molecule has 0 aromatic rings. The van der Waals surface area contributed by atoms with Crippen LogP contribution in [-0.2, 0) is 9.53 Å². The molecule has 1 unspecified atom stereocenters. The van der Waals surface area contributed by atoms with Gasteiger partial charge in [-0.05, 0) is 26.8 Å². The van der Waals surface area contributed by atoms with E-state index in [4.69, 9.17) is 4.74 Å². The van der Waals surface area contributed by atoms with Crippen molar-refractivity contribution < 1.29 is 22.7 Å². The highest BCUT2D eigenvalue weighted by atomic mass is 19.4. The first-order valence-corrected chi connectivity index (χ1v) is 6.28. The lowest BCUT2D eigenvalue weighted by Gasteiger charge is -2.32. The number of likely N-dealkylation sites (N-methyl/N-ethyl adjacent to an activating group) is 1. The lowest BCUT2D eigenvalue weighted by atomic mass is 10.0. The van der Waals surface area contributed by atoms with E-state index in [1.807, 2.05) is 0 Å². The van der Waals surface area contributed by atoms with Crippen molar-refractivity contribution in [3.63, 3.8) is 0 Å². The van der Waals surface area contributed by atoms with Crippen LogP contribution < -0.4 is 5.32 Å². The van der Waals surface area contributed by atoms with Crippen molar-refractivity contribution in [1.82, 2.24) is 10.2 Å². The largest absolute Gasteiger partial charge is 0.468 e. The van der Waals surface area contributed by atoms with Gasteiger partial charge in [0.25, 0.3) is 0 Å². The maximum Gasteiger partial charge on any atom is 0.390 e. The molecule has 1 aliphatic rings. The predicted molar refractivity (Wildman–Crippen MR) is 64.7 cm³/mol. The highest BCUT2D eigenvalue weighted by Crippen LogP contribution is 2.24. The molecule has 1 N–H and O–H groups in total. The molecule has 4 nitrogen and oxygen atoms in total. The lowest BCUT2D eigenvalue weighted by molar-refractivity contribution is -0.149. The Hall–Kier alpha value is -0.820. The summed E-state index contributed by atoms with van der Waals surface area (Å²) >= 11 is 0. The molecule has 1 saturated carbocycles. The smallest absolute Gasteiger partial charge is 0.390 e. The molecular weight excluding hydrogens is 261 g/mol. The van der Waals surface area contributed by atoms with Crippen LogP contribution in [0.3, 0.4) is 0 Å². The number of nitrogens with zero attached hydrogens (tertiary/aromatic N) is 1. The zero-order valence-corrected chi connectivity index (χ0v) is 11.5. The number of carbonyl (C=O) groups excluding carboxylic acids is 1. The van der Waals surface area contributed by atoms with Gasteiger partial charge in [-0.3, -0.25) is 10.1 Å². The molecule has 1 atom stereocenters. The number of hydrogen-bond donors (Lipinski definition) is 1. The zero-order chi connectivity index (χ0) is 14.7. The number of esters is 1. The number of hydrogen-bond acceptors (Lipinski definition) is 4. The van der Waals surface area contributed by atoms with E-state index in [0.717, 1.165) is 12.8 Å². The fourth-order valence-corrected chi connectivity index (χ4v) is 2.01. The average molecular weight is 282 g/mol. The summed E-state index contributed by atoms with van der Waals surface area (Å²) in [6, 6.07) is 0.264. The molecule has 0 aromatic carbocycles. The molecular formula is C12H21F3N2O2. The molecule has 0 bridgehead atoms. The van der Waals surface area contributed by atoms with E-state index in [9.17, 15) is 18.0 Å². The van der Waals surface area contributed by atoms with Crippen LogP contribution >= 0.6 is 0 Å². The van der Waals surface area contributed by atoms with E-state index in [-0.39, 0.29) is 19.1 Å². The summed E-state index contributed by atoms with van der Waals surface area (Å²) in [7, 11) is 2.85. The molecule has 0 aromatic heterocycles. The van der Waals surface area contributed by atoms with E-state index in [0.29, 0.717) is 0 Å². The first-order valence-electron chi connectivity index (χ1n) is 6.28. The molecule has 0 heterocycles. The second-order valence-electron chi connectivity index (χ2n) is 5.35. The Kier molecular flexibility index (Phi) is 5.20. The minimum Gasteiger partial charge on any atom is -0.468 e. The summed E-state index contributed by atoms with van der Waals surface area (Å²) in [6.45, 7) is 1.72. The van der Waals surface area contributed by atoms with Crippen LogP contribution in [0.25, 0.3) is 0 Å². The molecule has 19 heavy (non-hydrogen) atoms. The number of carbonyl (C=O) groups is 1. The van der Waals surface area contributed by atoms with Gasteiger partial charge in [-0.25, -0.2) is 0 Å². The van der Waals surface area contributed by atoms with E-state index in [1.165, 1.54) is 12.0 Å². The van der Waals surface area contributed by atoms with Gasteiger partial charge in [0.2, 0.25) is 0 Å². The van der Waals surface area contributed by atoms with Gasteiger partial charge in [0, 0.05) is 19.1 Å². The maximum absolute atomic E-state index is 12.2. The fraction of sp³-hybridized carbons (Fsp3) is 0.917. The van der Waals surface area contributed by atoms with Crippen LogP contribution in [0.15, 0.2) is 0 Å². The van der Waals surface area contributed by atoms with Gasteiger partial charge in [-0.1, -0.05) is 0 Å². The second-order valence-corrected chi connectivity index (χ2v) is 5.35. The highest BCUT2D eigenvalue weighted by Gasteiger charge is 2.40. The van der Waals surface area contributed by atoms with E-state index >= 15 is 0 Å². The molecule has 0 spiro atoms. The Labute approximate surface area is 111 Å². The number of methoxy groups -OCH3 is 1. The second kappa shape index (κ2) is 6.09. The third-order valence-corrected chi connectivity index (χ3v) is 3.10. The molecule has 0 aliphatic heterocycles. The summed E-state index contributed by atoms with van der Waals surface area (Å²) in [4.78, 5) is 13.3. The van der Waals surface area contributed by atoms with Crippen LogP contribution in [0.4, 0.5) is 13.2 Å². The molecule has 112 valence electrons. The van der Waals surface area contributed by atoms with Crippen LogP contribution in [0.2, 0.25) is 0 Å². The van der Waals surface area contributed by atoms with Crippen LogP contribution in [-0.4, -0.2) is 55.9 Å². The standard InChI is InChI=1S/C12H21F3N2O2/c1-11(10(18)19-3,16-9-4-5-9)8-17(2)7-6-12(13,14)15/h9,16H,4-8H2,1-3H3. The first kappa shape index (κ1) is 16.2. The van der Waals surface area contributed by atoms with Crippen molar-refractivity contribution >= 4 is 5.97 Å². The van der Waals surface area contributed by atoms with Crippen molar-refractivity contribution in [2.45, 2.75) is 43.9 Å². The van der Waals surface area contributed by atoms with Crippen molar-refractivity contribution in [2.75, 3.05) is 27.2 Å². The first-order chi connectivity index (χ1) is 8.66. The number of rotatable bonds is 7. The lowest BCUT2D eigenvalue weighted by Crippen LogP contribution is -2.57. The summed E-state index contributed by atoms with van der Waals surface area (Å²) in [6.07, 6.45) is -3.10. The monoisotopic (exact) mass is 282 g/mol. The van der Waals surface area contributed by atoms with E-state index < -0.39 is 24.1 Å². The van der Waals surface area contributed by atoms with Crippen molar-refractivity contribution in [3.8, 4) is 0 Å². The highest BCUT2D eigenvalue weighted by molar-refractivity contribution is 5.80. The van der Waals surface area contributed by atoms with Crippen LogP contribution in [0.1, 0.15) is 26.2 Å². The summed E-state index contributed by atoms with van der Waals surface area (Å²) in [5.74, 6) is -0.446. The zero-order valence-electron chi connectivity index (χ0n) is 11.5. The minimum absolute atomic E-state index is 0.136. The van der Waals surface area contributed by atoms with E-state index in [2.05, 4.69) is 5.32 Å². The Balaban J connectivity index is 2.53. The number of alkyl halides is 3. The molecule has 1 rings (SSSR count). The van der Waals surface area contributed by atoms with Crippen molar-refractivity contribution in [2.24, 2.45) is 0 Å². The number of ether oxygens (including phenoxy) is 1. The van der Waals surface area contributed by atoms with Gasteiger partial charge in [-0.2, -0.15) is 13.2 Å². The Morgan fingerprint density at radius 3 is 2.42 bits per heavy atom.